The van der Waals surface area contributed by atoms with Crippen molar-refractivity contribution in [3.8, 4) is 0 Å². The minimum absolute atomic E-state index is 0.235. The lowest BCUT2D eigenvalue weighted by molar-refractivity contribution is 0.0932. The van der Waals surface area contributed by atoms with Crippen LogP contribution in [0.5, 0.6) is 0 Å². The Labute approximate surface area is 116 Å². The molecule has 0 saturated heterocycles. The number of hydrogen-bond acceptors (Lipinski definition) is 2. The van der Waals surface area contributed by atoms with Crippen LogP contribution >= 0.6 is 0 Å². The highest BCUT2D eigenvalue weighted by Gasteiger charge is 2.17. The third-order valence-electron chi connectivity index (χ3n) is 4.08. The summed E-state index contributed by atoms with van der Waals surface area (Å²) < 4.78 is 0. The topological polar surface area (TPSA) is 20.3 Å². The molecule has 1 aliphatic rings. The van der Waals surface area contributed by atoms with Gasteiger partial charge in [0.1, 0.15) is 0 Å². The summed E-state index contributed by atoms with van der Waals surface area (Å²) in [5.74, 6) is 1.03. The highest BCUT2D eigenvalue weighted by Crippen LogP contribution is 2.24. The molecular formula is C17H25NO. The van der Waals surface area contributed by atoms with E-state index in [4.69, 9.17) is 0 Å². The number of rotatable bonds is 5. The van der Waals surface area contributed by atoms with Gasteiger partial charge in [-0.25, -0.2) is 0 Å². The summed E-state index contributed by atoms with van der Waals surface area (Å²) in [5, 5.41) is 0. The number of nitrogens with zero attached hydrogens (tertiary/aromatic N) is 1. The smallest absolute Gasteiger partial charge is 0.176 e. The Morgan fingerprint density at radius 2 is 1.79 bits per heavy atom. The second kappa shape index (κ2) is 6.85. The van der Waals surface area contributed by atoms with Crippen LogP contribution in [0.3, 0.4) is 0 Å². The number of carbonyl (C=O) groups excluding carboxylic acids is 1. The predicted octanol–water partition coefficient (Wildman–Crippen LogP) is 3.69. The lowest BCUT2D eigenvalue weighted by Crippen LogP contribution is -2.31. The summed E-state index contributed by atoms with van der Waals surface area (Å²) >= 11 is 0. The van der Waals surface area contributed by atoms with Crippen molar-refractivity contribution < 1.29 is 4.79 Å². The summed E-state index contributed by atoms with van der Waals surface area (Å²) in [4.78, 5) is 14.4. The van der Waals surface area contributed by atoms with Gasteiger partial charge in [0.2, 0.25) is 0 Å². The molecule has 0 unspecified atom stereocenters. The van der Waals surface area contributed by atoms with Crippen molar-refractivity contribution in [2.24, 2.45) is 5.92 Å². The molecule has 0 N–H and O–H groups in total. The first-order valence-electron chi connectivity index (χ1n) is 7.43. The number of aryl methyl sites for hydroxylation is 1. The SMILES string of the molecule is Cc1ccc(C(=O)CN(C)CC2CCCCC2)cc1. The maximum Gasteiger partial charge on any atom is 0.176 e. The number of likely N-dealkylation sites (N-methyl/N-ethyl adjacent to an activating group) is 1. The van der Waals surface area contributed by atoms with Crippen LogP contribution in [0.25, 0.3) is 0 Å². The molecule has 1 saturated carbocycles. The zero-order valence-electron chi connectivity index (χ0n) is 12.2. The van der Waals surface area contributed by atoms with Crippen LogP contribution in [0.2, 0.25) is 0 Å². The molecule has 1 aromatic carbocycles. The molecule has 0 bridgehead atoms. The first kappa shape index (κ1) is 14.3. The number of Topliss-reactive ketones (excluding diaryl/α,β-unsaturated/α-hetero) is 1. The molecule has 0 aromatic heterocycles. The molecular weight excluding hydrogens is 234 g/mol. The van der Waals surface area contributed by atoms with E-state index in [1.165, 1.54) is 37.7 Å². The van der Waals surface area contributed by atoms with Gasteiger partial charge in [0.25, 0.3) is 0 Å². The molecule has 2 rings (SSSR count). The second-order valence-corrected chi connectivity index (χ2v) is 5.99. The van der Waals surface area contributed by atoms with E-state index in [0.29, 0.717) is 6.54 Å². The normalized spacial score (nSPS) is 16.8. The fourth-order valence-corrected chi connectivity index (χ4v) is 2.95. The molecule has 2 nitrogen and oxygen atoms in total. The molecule has 0 radical (unpaired) electrons. The lowest BCUT2D eigenvalue weighted by atomic mass is 9.89. The molecule has 0 atom stereocenters. The van der Waals surface area contributed by atoms with E-state index in [1.54, 1.807) is 0 Å². The number of carbonyl (C=O) groups is 1. The number of hydrogen-bond donors (Lipinski definition) is 0. The molecule has 1 aliphatic carbocycles. The van der Waals surface area contributed by atoms with Crippen molar-refractivity contribution in [1.29, 1.82) is 0 Å². The Hall–Kier alpha value is -1.15. The van der Waals surface area contributed by atoms with Crippen LogP contribution in [0.15, 0.2) is 24.3 Å². The van der Waals surface area contributed by atoms with Crippen molar-refractivity contribution >= 4 is 5.78 Å². The minimum atomic E-state index is 0.235. The van der Waals surface area contributed by atoms with Gasteiger partial charge in [0.15, 0.2) is 5.78 Å². The Balaban J connectivity index is 1.82. The molecule has 1 fully saturated rings. The van der Waals surface area contributed by atoms with Gasteiger partial charge in [0.05, 0.1) is 6.54 Å². The molecule has 0 spiro atoms. The van der Waals surface area contributed by atoms with E-state index in [0.717, 1.165) is 18.0 Å². The average Bonchev–Trinajstić information content (AvgIpc) is 2.40. The fraction of sp³-hybridized carbons (Fsp3) is 0.588. The third kappa shape index (κ3) is 4.46. The van der Waals surface area contributed by atoms with Crippen LogP contribution in [-0.2, 0) is 0 Å². The van der Waals surface area contributed by atoms with Crippen molar-refractivity contribution in [1.82, 2.24) is 4.90 Å². The zero-order chi connectivity index (χ0) is 13.7. The first-order valence-corrected chi connectivity index (χ1v) is 7.43. The summed E-state index contributed by atoms with van der Waals surface area (Å²) in [6.07, 6.45) is 6.80. The van der Waals surface area contributed by atoms with Crippen molar-refractivity contribution in [2.75, 3.05) is 20.1 Å². The molecule has 19 heavy (non-hydrogen) atoms. The van der Waals surface area contributed by atoms with Crippen LogP contribution in [-0.4, -0.2) is 30.8 Å². The van der Waals surface area contributed by atoms with Gasteiger partial charge < -0.3 is 0 Å². The summed E-state index contributed by atoms with van der Waals surface area (Å²) in [7, 11) is 2.07. The maximum atomic E-state index is 12.2. The first-order chi connectivity index (χ1) is 9.15. The van der Waals surface area contributed by atoms with Gasteiger partial charge in [-0.15, -0.1) is 0 Å². The lowest BCUT2D eigenvalue weighted by Gasteiger charge is -2.26. The van der Waals surface area contributed by atoms with E-state index < -0.39 is 0 Å². The van der Waals surface area contributed by atoms with Gasteiger partial charge in [0, 0.05) is 12.1 Å². The fourth-order valence-electron chi connectivity index (χ4n) is 2.95. The van der Waals surface area contributed by atoms with Crippen LogP contribution < -0.4 is 0 Å². The summed E-state index contributed by atoms with van der Waals surface area (Å²) in [5.41, 5.74) is 2.04. The van der Waals surface area contributed by atoms with Gasteiger partial charge in [-0.1, -0.05) is 49.1 Å². The van der Waals surface area contributed by atoms with Crippen molar-refractivity contribution in [3.05, 3.63) is 35.4 Å². The molecule has 0 aliphatic heterocycles. The van der Waals surface area contributed by atoms with E-state index >= 15 is 0 Å². The Morgan fingerprint density at radius 3 is 2.42 bits per heavy atom. The third-order valence-corrected chi connectivity index (χ3v) is 4.08. The van der Waals surface area contributed by atoms with Crippen molar-refractivity contribution in [2.45, 2.75) is 39.0 Å². The highest BCUT2D eigenvalue weighted by molar-refractivity contribution is 5.97. The van der Waals surface area contributed by atoms with Gasteiger partial charge >= 0.3 is 0 Å². The number of benzene rings is 1. The monoisotopic (exact) mass is 259 g/mol. The summed E-state index contributed by atoms with van der Waals surface area (Å²) in [6.45, 7) is 3.65. The Bertz CT molecular complexity index is 404. The van der Waals surface area contributed by atoms with Crippen molar-refractivity contribution in [3.63, 3.8) is 0 Å². The highest BCUT2D eigenvalue weighted by atomic mass is 16.1. The van der Waals surface area contributed by atoms with E-state index in [-0.39, 0.29) is 5.78 Å². The maximum absolute atomic E-state index is 12.2. The molecule has 2 heteroatoms. The molecule has 0 amide bonds. The van der Waals surface area contributed by atoms with Crippen LogP contribution in [0.1, 0.15) is 48.0 Å². The Morgan fingerprint density at radius 1 is 1.16 bits per heavy atom. The molecule has 0 heterocycles. The van der Waals surface area contributed by atoms with Gasteiger partial charge in [-0.2, -0.15) is 0 Å². The molecule has 1 aromatic rings. The Kier molecular flexibility index (Phi) is 5.15. The van der Waals surface area contributed by atoms with Gasteiger partial charge in [-0.3, -0.25) is 9.69 Å². The second-order valence-electron chi connectivity index (χ2n) is 5.99. The zero-order valence-corrected chi connectivity index (χ0v) is 12.2. The molecule has 104 valence electrons. The van der Waals surface area contributed by atoms with Crippen LogP contribution in [0, 0.1) is 12.8 Å². The largest absolute Gasteiger partial charge is 0.299 e. The van der Waals surface area contributed by atoms with E-state index in [9.17, 15) is 4.79 Å². The predicted molar refractivity (Wildman–Crippen MR) is 79.6 cm³/mol. The van der Waals surface area contributed by atoms with E-state index in [2.05, 4.69) is 11.9 Å². The van der Waals surface area contributed by atoms with Crippen LogP contribution in [0.4, 0.5) is 0 Å². The van der Waals surface area contributed by atoms with Gasteiger partial charge in [-0.05, 0) is 32.7 Å². The summed E-state index contributed by atoms with van der Waals surface area (Å²) in [6, 6.07) is 7.89. The minimum Gasteiger partial charge on any atom is -0.299 e. The number of ketones is 1. The average molecular weight is 259 g/mol. The standard InChI is InChI=1S/C17H25NO/c1-14-8-10-16(11-9-14)17(19)13-18(2)12-15-6-4-3-5-7-15/h8-11,15H,3-7,12-13H2,1-2H3. The van der Waals surface area contributed by atoms with E-state index in [1.807, 2.05) is 31.2 Å². The quantitative estimate of drug-likeness (QED) is 0.752.